The zero-order chi connectivity index (χ0) is 13.4. The first-order valence-corrected chi connectivity index (χ1v) is 6.00. The molecular formula is C14H21NO3. The lowest BCUT2D eigenvalue weighted by Crippen LogP contribution is -2.20. The van der Waals surface area contributed by atoms with Gasteiger partial charge in [0.25, 0.3) is 0 Å². The van der Waals surface area contributed by atoms with Crippen molar-refractivity contribution in [1.29, 1.82) is 0 Å². The van der Waals surface area contributed by atoms with E-state index in [-0.39, 0.29) is 0 Å². The molecule has 0 spiro atoms. The summed E-state index contributed by atoms with van der Waals surface area (Å²) in [6.45, 7) is 2.47. The summed E-state index contributed by atoms with van der Waals surface area (Å²) in [5.41, 5.74) is 1.71. The predicted molar refractivity (Wildman–Crippen MR) is 71.2 cm³/mol. The normalized spacial score (nSPS) is 10.7. The van der Waals surface area contributed by atoms with Crippen LogP contribution in [0, 0.1) is 0 Å². The summed E-state index contributed by atoms with van der Waals surface area (Å²) >= 11 is 0. The molecule has 0 heterocycles. The summed E-state index contributed by atoms with van der Waals surface area (Å²) in [6.07, 6.45) is 1.84. The van der Waals surface area contributed by atoms with Gasteiger partial charge in [-0.15, -0.1) is 0 Å². The highest BCUT2D eigenvalue weighted by atomic mass is 16.5. The predicted octanol–water partition coefficient (Wildman–Crippen LogP) is 1.98. The molecule has 0 atom stereocenters. The number of nitrogens with zero attached hydrogens (tertiary/aromatic N) is 1. The number of ether oxygens (including phenoxy) is 2. The molecule has 1 aromatic carbocycles. The molecule has 0 radical (unpaired) electrons. The zero-order valence-corrected chi connectivity index (χ0v) is 11.3. The highest BCUT2D eigenvalue weighted by molar-refractivity contribution is 5.75. The van der Waals surface area contributed by atoms with Crippen molar-refractivity contribution in [3.63, 3.8) is 0 Å². The Bertz CT molecular complexity index is 379. The van der Waals surface area contributed by atoms with Crippen molar-refractivity contribution in [2.24, 2.45) is 0 Å². The third-order valence-corrected chi connectivity index (χ3v) is 2.77. The maximum atomic E-state index is 10.8. The largest absolute Gasteiger partial charge is 0.496 e. The van der Waals surface area contributed by atoms with E-state index in [2.05, 4.69) is 4.90 Å². The number of hydrogen-bond donors (Lipinski definition) is 0. The summed E-state index contributed by atoms with van der Waals surface area (Å²) in [5.74, 6) is 0.819. The van der Waals surface area contributed by atoms with Crippen molar-refractivity contribution >= 4 is 6.29 Å². The van der Waals surface area contributed by atoms with Gasteiger partial charge >= 0.3 is 0 Å². The lowest BCUT2D eigenvalue weighted by atomic mass is 10.1. The van der Waals surface area contributed by atoms with E-state index < -0.39 is 0 Å². The van der Waals surface area contributed by atoms with Gasteiger partial charge in [0.15, 0.2) is 0 Å². The first-order valence-electron chi connectivity index (χ1n) is 6.00. The van der Waals surface area contributed by atoms with Crippen LogP contribution in [-0.2, 0) is 11.3 Å². The third-order valence-electron chi connectivity index (χ3n) is 2.77. The van der Waals surface area contributed by atoms with Crippen molar-refractivity contribution < 1.29 is 14.3 Å². The lowest BCUT2D eigenvalue weighted by Gasteiger charge is -2.18. The smallest absolute Gasteiger partial charge is 0.150 e. The summed E-state index contributed by atoms with van der Waals surface area (Å²) < 4.78 is 10.3. The van der Waals surface area contributed by atoms with Crippen LogP contribution < -0.4 is 4.74 Å². The van der Waals surface area contributed by atoms with E-state index in [1.807, 2.05) is 19.2 Å². The molecule has 0 N–H and O–H groups in total. The topological polar surface area (TPSA) is 38.8 Å². The molecule has 0 saturated heterocycles. The van der Waals surface area contributed by atoms with Crippen LogP contribution in [0.25, 0.3) is 0 Å². The minimum atomic E-state index is 0.677. The number of hydrogen-bond acceptors (Lipinski definition) is 4. The SMILES string of the molecule is COCCCN(C)Cc1cc(C=O)ccc1OC. The van der Waals surface area contributed by atoms with Crippen LogP contribution in [0.2, 0.25) is 0 Å². The Morgan fingerprint density at radius 1 is 1.33 bits per heavy atom. The third kappa shape index (κ3) is 4.47. The Morgan fingerprint density at radius 3 is 2.72 bits per heavy atom. The van der Waals surface area contributed by atoms with Crippen LogP contribution in [0.5, 0.6) is 5.75 Å². The molecular weight excluding hydrogens is 230 g/mol. The lowest BCUT2D eigenvalue weighted by molar-refractivity contribution is 0.112. The molecule has 1 aromatic rings. The number of carbonyl (C=O) groups is 1. The fraction of sp³-hybridized carbons (Fsp3) is 0.500. The summed E-state index contributed by atoms with van der Waals surface area (Å²) in [4.78, 5) is 13.0. The van der Waals surface area contributed by atoms with Crippen LogP contribution in [-0.4, -0.2) is 45.6 Å². The monoisotopic (exact) mass is 251 g/mol. The molecule has 100 valence electrons. The number of aldehydes is 1. The van der Waals surface area contributed by atoms with Crippen molar-refractivity contribution in [3.05, 3.63) is 29.3 Å². The fourth-order valence-corrected chi connectivity index (χ4v) is 1.84. The maximum Gasteiger partial charge on any atom is 0.150 e. The number of benzene rings is 1. The van der Waals surface area contributed by atoms with E-state index in [0.29, 0.717) is 5.56 Å². The molecule has 4 heteroatoms. The molecule has 0 bridgehead atoms. The Kier molecular flexibility index (Phi) is 6.39. The van der Waals surface area contributed by atoms with Gasteiger partial charge in [-0.2, -0.15) is 0 Å². The molecule has 0 aliphatic heterocycles. The molecule has 4 nitrogen and oxygen atoms in total. The van der Waals surface area contributed by atoms with Gasteiger partial charge < -0.3 is 14.4 Å². The van der Waals surface area contributed by atoms with Gasteiger partial charge in [0.05, 0.1) is 7.11 Å². The van der Waals surface area contributed by atoms with Gasteiger partial charge in [-0.25, -0.2) is 0 Å². The number of methoxy groups -OCH3 is 2. The van der Waals surface area contributed by atoms with Crippen molar-refractivity contribution in [3.8, 4) is 5.75 Å². The standard InChI is InChI=1S/C14H21NO3/c1-15(7-4-8-17-2)10-13-9-12(11-16)5-6-14(13)18-3/h5-6,9,11H,4,7-8,10H2,1-3H3. The first kappa shape index (κ1) is 14.7. The Balaban J connectivity index is 2.66. The second-order valence-corrected chi connectivity index (χ2v) is 4.27. The second-order valence-electron chi connectivity index (χ2n) is 4.27. The second kappa shape index (κ2) is 7.84. The van der Waals surface area contributed by atoms with Crippen LogP contribution in [0.3, 0.4) is 0 Å². The highest BCUT2D eigenvalue weighted by Gasteiger charge is 2.07. The van der Waals surface area contributed by atoms with Crippen molar-refractivity contribution in [2.75, 3.05) is 34.4 Å². The molecule has 18 heavy (non-hydrogen) atoms. The highest BCUT2D eigenvalue weighted by Crippen LogP contribution is 2.20. The van der Waals surface area contributed by atoms with Gasteiger partial charge in [0.1, 0.15) is 12.0 Å². The summed E-state index contributed by atoms with van der Waals surface area (Å²) in [6, 6.07) is 5.47. The summed E-state index contributed by atoms with van der Waals surface area (Å²) in [7, 11) is 5.39. The molecule has 0 saturated carbocycles. The molecule has 1 rings (SSSR count). The zero-order valence-electron chi connectivity index (χ0n) is 11.3. The van der Waals surface area contributed by atoms with Crippen molar-refractivity contribution in [1.82, 2.24) is 4.90 Å². The molecule has 0 aliphatic rings. The van der Waals surface area contributed by atoms with E-state index in [1.165, 1.54) is 0 Å². The Hall–Kier alpha value is -1.39. The fourth-order valence-electron chi connectivity index (χ4n) is 1.84. The van der Waals surface area contributed by atoms with E-state index in [1.54, 1.807) is 20.3 Å². The average Bonchev–Trinajstić information content (AvgIpc) is 2.39. The van der Waals surface area contributed by atoms with Gasteiger partial charge in [-0.05, 0) is 31.7 Å². The van der Waals surface area contributed by atoms with E-state index in [9.17, 15) is 4.79 Å². The average molecular weight is 251 g/mol. The van der Waals surface area contributed by atoms with Gasteiger partial charge in [-0.3, -0.25) is 4.79 Å². The molecule has 0 amide bonds. The van der Waals surface area contributed by atoms with Gasteiger partial charge in [0.2, 0.25) is 0 Å². The quantitative estimate of drug-likeness (QED) is 0.523. The molecule has 0 unspecified atom stereocenters. The van der Waals surface area contributed by atoms with Gasteiger partial charge in [0, 0.05) is 37.9 Å². The first-order chi connectivity index (χ1) is 8.71. The van der Waals surface area contributed by atoms with E-state index in [4.69, 9.17) is 9.47 Å². The van der Waals surface area contributed by atoms with Crippen molar-refractivity contribution in [2.45, 2.75) is 13.0 Å². The summed E-state index contributed by atoms with van der Waals surface area (Å²) in [5, 5.41) is 0. The Labute approximate surface area is 108 Å². The Morgan fingerprint density at radius 2 is 2.11 bits per heavy atom. The molecule has 0 aliphatic carbocycles. The maximum absolute atomic E-state index is 10.8. The number of carbonyl (C=O) groups excluding carboxylic acids is 1. The van der Waals surface area contributed by atoms with Gasteiger partial charge in [-0.1, -0.05) is 0 Å². The number of rotatable bonds is 8. The van der Waals surface area contributed by atoms with Crippen LogP contribution in [0.4, 0.5) is 0 Å². The van der Waals surface area contributed by atoms with E-state index in [0.717, 1.165) is 43.7 Å². The van der Waals surface area contributed by atoms with Crippen LogP contribution in [0.1, 0.15) is 22.3 Å². The van der Waals surface area contributed by atoms with E-state index >= 15 is 0 Å². The minimum Gasteiger partial charge on any atom is -0.496 e. The molecule has 0 aromatic heterocycles. The van der Waals surface area contributed by atoms with Crippen LogP contribution in [0.15, 0.2) is 18.2 Å². The minimum absolute atomic E-state index is 0.677. The van der Waals surface area contributed by atoms with Crippen LogP contribution >= 0.6 is 0 Å². The molecule has 0 fully saturated rings.